The maximum atomic E-state index is 2.40. The lowest BCUT2D eigenvalue weighted by Crippen LogP contribution is -2.31. The zero-order valence-electron chi connectivity index (χ0n) is 10.0. The predicted molar refractivity (Wildman–Crippen MR) is 62.3 cm³/mol. The van der Waals surface area contributed by atoms with Crippen molar-refractivity contribution in [3.05, 3.63) is 11.1 Å². The molecule has 0 amide bonds. The highest BCUT2D eigenvalue weighted by atomic mass is 14.5. The molecule has 0 aliphatic heterocycles. The Hall–Kier alpha value is -0.260. The van der Waals surface area contributed by atoms with Crippen molar-refractivity contribution >= 4 is 0 Å². The van der Waals surface area contributed by atoms with Crippen LogP contribution in [-0.2, 0) is 0 Å². The fourth-order valence-corrected chi connectivity index (χ4v) is 2.93. The van der Waals surface area contributed by atoms with Gasteiger partial charge in [-0.05, 0) is 50.9 Å². The highest BCUT2D eigenvalue weighted by Crippen LogP contribution is 2.55. The van der Waals surface area contributed by atoms with Gasteiger partial charge in [0.2, 0.25) is 0 Å². The molecule has 0 atom stereocenters. The van der Waals surface area contributed by atoms with Crippen LogP contribution in [-0.4, -0.2) is 0 Å². The Kier molecular flexibility index (Phi) is 2.72. The first kappa shape index (κ1) is 10.3. The van der Waals surface area contributed by atoms with Crippen LogP contribution in [0.15, 0.2) is 11.1 Å². The van der Waals surface area contributed by atoms with E-state index in [4.69, 9.17) is 0 Å². The zero-order valence-corrected chi connectivity index (χ0v) is 10.0. The third kappa shape index (κ3) is 1.76. The van der Waals surface area contributed by atoms with Crippen molar-refractivity contribution < 1.29 is 0 Å². The van der Waals surface area contributed by atoms with Gasteiger partial charge in [0.15, 0.2) is 0 Å². The van der Waals surface area contributed by atoms with Gasteiger partial charge in [-0.3, -0.25) is 0 Å². The largest absolute Gasteiger partial charge is 0.0741 e. The molecular formula is C14H24. The first-order valence-corrected chi connectivity index (χ1v) is 6.35. The molecule has 0 radical (unpaired) electrons. The molecule has 0 heteroatoms. The average molecular weight is 192 g/mol. The van der Waals surface area contributed by atoms with Crippen LogP contribution in [0.4, 0.5) is 0 Å². The molecular weight excluding hydrogens is 168 g/mol. The minimum atomic E-state index is 0.668. The number of rotatable bonds is 4. The molecule has 0 nitrogen and oxygen atoms in total. The third-order valence-corrected chi connectivity index (χ3v) is 4.65. The molecule has 2 saturated carbocycles. The van der Waals surface area contributed by atoms with Gasteiger partial charge in [0.1, 0.15) is 0 Å². The van der Waals surface area contributed by atoms with E-state index in [9.17, 15) is 0 Å². The summed E-state index contributed by atoms with van der Waals surface area (Å²) in [5.74, 6) is 1.09. The second-order valence-electron chi connectivity index (χ2n) is 5.54. The van der Waals surface area contributed by atoms with Crippen molar-refractivity contribution in [3.63, 3.8) is 0 Å². The van der Waals surface area contributed by atoms with E-state index in [1.54, 1.807) is 11.1 Å². The Morgan fingerprint density at radius 2 is 1.86 bits per heavy atom. The normalized spacial score (nSPS) is 26.8. The molecule has 0 N–H and O–H groups in total. The van der Waals surface area contributed by atoms with Gasteiger partial charge in [0.05, 0.1) is 0 Å². The summed E-state index contributed by atoms with van der Waals surface area (Å²) in [5.41, 5.74) is 4.07. The minimum Gasteiger partial charge on any atom is -0.0741 e. The molecule has 2 aliphatic rings. The van der Waals surface area contributed by atoms with Gasteiger partial charge < -0.3 is 0 Å². The summed E-state index contributed by atoms with van der Waals surface area (Å²) in [6, 6.07) is 0. The van der Waals surface area contributed by atoms with Crippen molar-refractivity contribution in [1.29, 1.82) is 0 Å². The van der Waals surface area contributed by atoms with Crippen LogP contribution in [0.2, 0.25) is 0 Å². The Labute approximate surface area is 88.8 Å². The maximum absolute atomic E-state index is 2.40. The van der Waals surface area contributed by atoms with Gasteiger partial charge in [-0.1, -0.05) is 37.3 Å². The van der Waals surface area contributed by atoms with Gasteiger partial charge in [-0.25, -0.2) is 0 Å². The summed E-state index contributed by atoms with van der Waals surface area (Å²) >= 11 is 0. The van der Waals surface area contributed by atoms with Crippen LogP contribution in [0, 0.1) is 11.3 Å². The van der Waals surface area contributed by atoms with E-state index in [0.717, 1.165) is 5.92 Å². The first-order valence-electron chi connectivity index (χ1n) is 6.35. The monoisotopic (exact) mass is 192 g/mol. The van der Waals surface area contributed by atoms with Crippen LogP contribution < -0.4 is 0 Å². The second-order valence-corrected chi connectivity index (χ2v) is 5.54. The molecule has 0 aromatic carbocycles. The fraction of sp³-hybridized carbons (Fsp3) is 0.857. The lowest BCUT2D eigenvalue weighted by molar-refractivity contribution is 0.158. The van der Waals surface area contributed by atoms with E-state index in [1.165, 1.54) is 44.9 Å². The van der Waals surface area contributed by atoms with Gasteiger partial charge in [-0.15, -0.1) is 0 Å². The molecule has 0 aromatic heterocycles. The Morgan fingerprint density at radius 3 is 2.21 bits per heavy atom. The Morgan fingerprint density at radius 1 is 1.21 bits per heavy atom. The molecule has 2 rings (SSSR count). The van der Waals surface area contributed by atoms with Crippen molar-refractivity contribution in [2.45, 2.75) is 65.7 Å². The van der Waals surface area contributed by atoms with E-state index in [-0.39, 0.29) is 0 Å². The highest BCUT2D eigenvalue weighted by Gasteiger charge is 2.42. The molecule has 0 aromatic rings. The zero-order chi connectivity index (χ0) is 10.2. The maximum Gasteiger partial charge on any atom is -0.00856 e. The van der Waals surface area contributed by atoms with Crippen molar-refractivity contribution in [1.82, 2.24) is 0 Å². The lowest BCUT2D eigenvalue weighted by Gasteiger charge is -2.44. The van der Waals surface area contributed by atoms with Gasteiger partial charge in [-0.2, -0.15) is 0 Å². The summed E-state index contributed by atoms with van der Waals surface area (Å²) in [5, 5.41) is 0. The second kappa shape index (κ2) is 3.72. The molecule has 0 heterocycles. The number of hydrogen-bond acceptors (Lipinski definition) is 0. The summed E-state index contributed by atoms with van der Waals surface area (Å²) in [7, 11) is 0. The summed E-state index contributed by atoms with van der Waals surface area (Å²) in [6.45, 7) is 7.03. The van der Waals surface area contributed by atoms with Crippen LogP contribution in [0.25, 0.3) is 0 Å². The van der Waals surface area contributed by atoms with E-state index in [0.29, 0.717) is 5.41 Å². The van der Waals surface area contributed by atoms with Crippen LogP contribution in [0.1, 0.15) is 65.7 Å². The quantitative estimate of drug-likeness (QED) is 0.566. The van der Waals surface area contributed by atoms with Crippen molar-refractivity contribution in [3.8, 4) is 0 Å². The lowest BCUT2D eigenvalue weighted by atomic mass is 9.60. The molecule has 0 saturated heterocycles. The van der Waals surface area contributed by atoms with Gasteiger partial charge >= 0.3 is 0 Å². The topological polar surface area (TPSA) is 0 Å². The van der Waals surface area contributed by atoms with Gasteiger partial charge in [0, 0.05) is 0 Å². The first-order chi connectivity index (χ1) is 6.68. The number of hydrogen-bond donors (Lipinski definition) is 0. The standard InChI is InChI=1S/C14H24/c1-4-11(2)12(3)14(8-5-9-14)10-13-6-7-13/h13H,4-10H2,1-3H3. The summed E-state index contributed by atoms with van der Waals surface area (Å²) in [6.07, 6.45) is 10.2. The molecule has 0 bridgehead atoms. The molecule has 14 heavy (non-hydrogen) atoms. The van der Waals surface area contributed by atoms with Crippen LogP contribution in [0.5, 0.6) is 0 Å². The summed E-state index contributed by atoms with van der Waals surface area (Å²) < 4.78 is 0. The van der Waals surface area contributed by atoms with Crippen LogP contribution in [0.3, 0.4) is 0 Å². The predicted octanol–water partition coefficient (Wildman–Crippen LogP) is 4.70. The Bertz CT molecular complexity index is 239. The van der Waals surface area contributed by atoms with Crippen molar-refractivity contribution in [2.75, 3.05) is 0 Å². The van der Waals surface area contributed by atoms with Gasteiger partial charge in [0.25, 0.3) is 0 Å². The highest BCUT2D eigenvalue weighted by molar-refractivity contribution is 5.22. The number of allylic oxidation sites excluding steroid dienone is 2. The average Bonchev–Trinajstić information content (AvgIpc) is 2.92. The van der Waals surface area contributed by atoms with E-state index in [1.807, 2.05) is 0 Å². The van der Waals surface area contributed by atoms with Crippen molar-refractivity contribution in [2.24, 2.45) is 11.3 Å². The van der Waals surface area contributed by atoms with E-state index < -0.39 is 0 Å². The molecule has 2 fully saturated rings. The molecule has 80 valence electrons. The van der Waals surface area contributed by atoms with E-state index in [2.05, 4.69) is 20.8 Å². The minimum absolute atomic E-state index is 0.668. The molecule has 0 unspecified atom stereocenters. The SMILES string of the molecule is CCC(C)=C(C)C1(CC2CC2)CCC1. The summed E-state index contributed by atoms with van der Waals surface area (Å²) in [4.78, 5) is 0. The van der Waals surface area contributed by atoms with E-state index >= 15 is 0 Å². The molecule has 2 aliphatic carbocycles. The fourth-order valence-electron chi connectivity index (χ4n) is 2.93. The molecule has 0 spiro atoms. The Balaban J connectivity index is 2.09. The van der Waals surface area contributed by atoms with Crippen LogP contribution >= 0.6 is 0 Å². The third-order valence-electron chi connectivity index (χ3n) is 4.65. The smallest absolute Gasteiger partial charge is 0.00856 e.